The largest absolute Gasteiger partial charge is 0.475 e. The van der Waals surface area contributed by atoms with Gasteiger partial charge in [-0.2, -0.15) is 30.7 Å². The third-order valence-corrected chi connectivity index (χ3v) is 4.15. The van der Waals surface area contributed by atoms with Gasteiger partial charge in [0.1, 0.15) is 0 Å². The van der Waals surface area contributed by atoms with Crippen molar-refractivity contribution in [2.24, 2.45) is 0 Å². The van der Waals surface area contributed by atoms with Crippen LogP contribution in [-0.4, -0.2) is 36.8 Å². The van der Waals surface area contributed by atoms with Gasteiger partial charge >= 0.3 is 25.8 Å². The smallest absolute Gasteiger partial charge is 0.284 e. The molecule has 0 saturated carbocycles. The summed E-state index contributed by atoms with van der Waals surface area (Å²) >= 11 is 0. The average molecular weight is 348 g/mol. The molecule has 0 bridgehead atoms. The first-order valence-corrected chi connectivity index (χ1v) is 7.10. The zero-order valence-electron chi connectivity index (χ0n) is 10.8. The first-order valence-electron chi connectivity index (χ1n) is 5.64. The fraction of sp³-hybridized carbons (Fsp3) is 1.00. The van der Waals surface area contributed by atoms with Crippen molar-refractivity contribution in [1.82, 2.24) is 0 Å². The number of halogens is 7. The Labute approximate surface area is 115 Å². The van der Waals surface area contributed by atoms with Crippen LogP contribution in [0.15, 0.2) is 0 Å². The quantitative estimate of drug-likeness (QED) is 0.553. The molecule has 0 amide bonds. The van der Waals surface area contributed by atoms with Crippen LogP contribution in [0, 0.1) is 0 Å². The highest BCUT2D eigenvalue weighted by Gasteiger charge is 2.73. The van der Waals surface area contributed by atoms with E-state index in [4.69, 9.17) is 0 Å². The van der Waals surface area contributed by atoms with Gasteiger partial charge in [-0.15, -0.1) is 0 Å². The second kappa shape index (κ2) is 5.68. The summed E-state index contributed by atoms with van der Waals surface area (Å²) in [6.07, 6.45) is -11.0. The summed E-state index contributed by atoms with van der Waals surface area (Å²) in [5.41, 5.74) is 0. The average Bonchev–Trinajstić information content (AvgIpc) is 2.54. The van der Waals surface area contributed by atoms with E-state index in [0.29, 0.717) is 0 Å². The van der Waals surface area contributed by atoms with Crippen molar-refractivity contribution in [2.45, 2.75) is 50.5 Å². The standard InChI is InChI=1S/C9H12F7O4P/c1-5(19-21(17)18-4-6(2)20-21)3-7(10,11)8(12,13)9(14,15)16/h5-6H,3-4H2,1-2H3. The van der Waals surface area contributed by atoms with E-state index in [0.717, 1.165) is 6.92 Å². The number of rotatable bonds is 5. The lowest BCUT2D eigenvalue weighted by Crippen LogP contribution is -2.53. The fourth-order valence-electron chi connectivity index (χ4n) is 1.49. The summed E-state index contributed by atoms with van der Waals surface area (Å²) in [5, 5.41) is 0. The van der Waals surface area contributed by atoms with E-state index in [1.165, 1.54) is 6.92 Å². The van der Waals surface area contributed by atoms with E-state index < -0.39 is 44.5 Å². The first-order chi connectivity index (χ1) is 9.20. The SMILES string of the molecule is CC1COP(=O)(OC(C)CC(F)(F)C(F)(F)C(F)(F)F)O1. The number of hydrogen-bond acceptors (Lipinski definition) is 4. The van der Waals surface area contributed by atoms with Crippen LogP contribution in [-0.2, 0) is 18.1 Å². The number of alkyl halides is 7. The Morgan fingerprint density at radius 3 is 2.14 bits per heavy atom. The molecule has 0 aromatic heterocycles. The minimum absolute atomic E-state index is 0.181. The van der Waals surface area contributed by atoms with E-state index in [1.54, 1.807) is 0 Å². The molecular formula is C9H12F7O4P. The molecule has 1 saturated heterocycles. The molecule has 1 heterocycles. The predicted molar refractivity (Wildman–Crippen MR) is 55.2 cm³/mol. The van der Waals surface area contributed by atoms with Gasteiger partial charge in [-0.25, -0.2) is 4.57 Å². The normalized spacial score (nSPS) is 29.7. The summed E-state index contributed by atoms with van der Waals surface area (Å²) in [4.78, 5) is 0. The monoisotopic (exact) mass is 348 g/mol. The van der Waals surface area contributed by atoms with Gasteiger partial charge in [0, 0.05) is 6.42 Å². The van der Waals surface area contributed by atoms with Crippen LogP contribution in [0.1, 0.15) is 20.3 Å². The minimum atomic E-state index is -6.42. The van der Waals surface area contributed by atoms with E-state index >= 15 is 0 Å². The van der Waals surface area contributed by atoms with Crippen molar-refractivity contribution in [3.8, 4) is 0 Å². The maximum Gasteiger partial charge on any atom is 0.475 e. The van der Waals surface area contributed by atoms with Gasteiger partial charge in [-0.05, 0) is 13.8 Å². The molecule has 0 aromatic carbocycles. The van der Waals surface area contributed by atoms with Crippen molar-refractivity contribution >= 4 is 7.82 Å². The van der Waals surface area contributed by atoms with E-state index in [1.807, 2.05) is 0 Å². The molecule has 4 nitrogen and oxygen atoms in total. The highest BCUT2D eigenvalue weighted by molar-refractivity contribution is 7.48. The molecule has 1 rings (SSSR count). The third-order valence-electron chi connectivity index (χ3n) is 2.44. The van der Waals surface area contributed by atoms with E-state index in [9.17, 15) is 35.3 Å². The van der Waals surface area contributed by atoms with Crippen LogP contribution >= 0.6 is 7.82 Å². The molecule has 0 N–H and O–H groups in total. The Morgan fingerprint density at radius 2 is 1.76 bits per heavy atom. The summed E-state index contributed by atoms with van der Waals surface area (Å²) in [7, 11) is -4.22. The van der Waals surface area contributed by atoms with Gasteiger partial charge in [-0.3, -0.25) is 13.6 Å². The molecule has 12 heteroatoms. The van der Waals surface area contributed by atoms with Crippen LogP contribution in [0.5, 0.6) is 0 Å². The highest BCUT2D eigenvalue weighted by atomic mass is 31.2. The summed E-state index contributed by atoms with van der Waals surface area (Å²) in [6, 6.07) is 0. The molecule has 1 aliphatic heterocycles. The first kappa shape index (κ1) is 18.7. The van der Waals surface area contributed by atoms with Gasteiger partial charge in [-0.1, -0.05) is 0 Å². The summed E-state index contributed by atoms with van der Waals surface area (Å²) in [5.74, 6) is -11.7. The van der Waals surface area contributed by atoms with Crippen LogP contribution in [0.2, 0.25) is 0 Å². The third kappa shape index (κ3) is 4.08. The molecule has 0 aliphatic carbocycles. The Kier molecular flexibility index (Phi) is 5.05. The lowest BCUT2D eigenvalue weighted by atomic mass is 10.1. The lowest BCUT2D eigenvalue weighted by molar-refractivity contribution is -0.357. The van der Waals surface area contributed by atoms with Gasteiger partial charge < -0.3 is 0 Å². The van der Waals surface area contributed by atoms with Crippen molar-refractivity contribution in [3.63, 3.8) is 0 Å². The number of hydrogen-bond donors (Lipinski definition) is 0. The second-order valence-electron chi connectivity index (χ2n) is 4.56. The zero-order valence-corrected chi connectivity index (χ0v) is 11.7. The van der Waals surface area contributed by atoms with Crippen LogP contribution in [0.25, 0.3) is 0 Å². The molecule has 3 unspecified atom stereocenters. The zero-order chi connectivity index (χ0) is 16.7. The fourth-order valence-corrected chi connectivity index (χ4v) is 3.07. The van der Waals surface area contributed by atoms with Crippen LogP contribution in [0.4, 0.5) is 30.7 Å². The van der Waals surface area contributed by atoms with Gasteiger partial charge in [0.05, 0.1) is 18.8 Å². The van der Waals surface area contributed by atoms with Crippen LogP contribution in [0.3, 0.4) is 0 Å². The summed E-state index contributed by atoms with van der Waals surface area (Å²) in [6.45, 7) is 1.99. The Balaban J connectivity index is 2.73. The van der Waals surface area contributed by atoms with Gasteiger partial charge in [0.25, 0.3) is 0 Å². The minimum Gasteiger partial charge on any atom is -0.284 e. The Bertz CT molecular complexity index is 425. The molecule has 1 fully saturated rings. The molecule has 0 aromatic rings. The van der Waals surface area contributed by atoms with Gasteiger partial charge in [0.2, 0.25) is 0 Å². The Hall–Kier alpha value is -0.380. The maximum atomic E-state index is 13.1. The van der Waals surface area contributed by atoms with Crippen molar-refractivity contribution in [2.75, 3.05) is 6.61 Å². The molecular weight excluding hydrogens is 336 g/mol. The molecule has 1 aliphatic rings. The second-order valence-corrected chi connectivity index (χ2v) is 6.13. The molecule has 0 spiro atoms. The van der Waals surface area contributed by atoms with E-state index in [-0.39, 0.29) is 6.61 Å². The molecule has 3 atom stereocenters. The van der Waals surface area contributed by atoms with Crippen molar-refractivity contribution in [3.05, 3.63) is 0 Å². The van der Waals surface area contributed by atoms with Crippen molar-refractivity contribution < 1.29 is 48.9 Å². The van der Waals surface area contributed by atoms with Crippen molar-refractivity contribution in [1.29, 1.82) is 0 Å². The maximum absolute atomic E-state index is 13.1. The topological polar surface area (TPSA) is 44.8 Å². The number of phosphoric ester groups is 1. The molecule has 126 valence electrons. The molecule has 21 heavy (non-hydrogen) atoms. The number of phosphoric acid groups is 1. The molecule has 0 radical (unpaired) electrons. The lowest BCUT2D eigenvalue weighted by Gasteiger charge is -2.30. The summed E-state index contributed by atoms with van der Waals surface area (Å²) < 4.78 is 113. The predicted octanol–water partition coefficient (Wildman–Crippen LogP) is 4.16. The highest BCUT2D eigenvalue weighted by Crippen LogP contribution is 2.57. The van der Waals surface area contributed by atoms with Crippen LogP contribution < -0.4 is 0 Å². The van der Waals surface area contributed by atoms with E-state index in [2.05, 4.69) is 13.6 Å². The van der Waals surface area contributed by atoms with Gasteiger partial charge in [0.15, 0.2) is 0 Å². The Morgan fingerprint density at radius 1 is 1.24 bits per heavy atom.